The summed E-state index contributed by atoms with van der Waals surface area (Å²) < 4.78 is 16.2. The van der Waals surface area contributed by atoms with Crippen LogP contribution in [0.15, 0.2) is 54.9 Å². The molecular formula is C20H23FN6. The highest BCUT2D eigenvalue weighted by Crippen LogP contribution is 2.32. The predicted octanol–water partition coefficient (Wildman–Crippen LogP) is 2.89. The smallest absolute Gasteiger partial charge is 0.124 e. The van der Waals surface area contributed by atoms with Crippen LogP contribution >= 0.6 is 0 Å². The fourth-order valence-electron chi connectivity index (χ4n) is 3.43. The minimum absolute atomic E-state index is 0.168. The molecule has 6 nitrogen and oxygen atoms in total. The van der Waals surface area contributed by atoms with Crippen LogP contribution in [0.2, 0.25) is 0 Å². The highest BCUT2D eigenvalue weighted by atomic mass is 19.1. The van der Waals surface area contributed by atoms with E-state index in [9.17, 15) is 4.39 Å². The van der Waals surface area contributed by atoms with Crippen LogP contribution in [0.5, 0.6) is 0 Å². The Kier molecular flexibility index (Phi) is 5.26. The number of hydrogen-bond acceptors (Lipinski definition) is 5. The van der Waals surface area contributed by atoms with Crippen molar-refractivity contribution in [2.24, 2.45) is 0 Å². The Bertz CT molecular complexity index is 882. The largest absolute Gasteiger partial charge is 0.330 e. The molecule has 4 rings (SSSR count). The van der Waals surface area contributed by atoms with Crippen molar-refractivity contribution in [2.75, 3.05) is 0 Å². The topological polar surface area (TPSA) is 65.9 Å². The number of aryl methyl sites for hydroxylation is 2. The van der Waals surface area contributed by atoms with Crippen molar-refractivity contribution in [1.82, 2.24) is 31.5 Å². The van der Waals surface area contributed by atoms with Gasteiger partial charge in [-0.2, -0.15) is 11.1 Å². The maximum atomic E-state index is 14.1. The molecule has 2 aromatic carbocycles. The summed E-state index contributed by atoms with van der Waals surface area (Å²) in [6, 6.07) is 15.2. The van der Waals surface area contributed by atoms with Crippen LogP contribution in [0.3, 0.4) is 0 Å². The van der Waals surface area contributed by atoms with E-state index in [1.54, 1.807) is 12.1 Å². The number of imidazole rings is 1. The van der Waals surface area contributed by atoms with Crippen LogP contribution in [0, 0.1) is 12.7 Å². The van der Waals surface area contributed by atoms with Gasteiger partial charge in [0.1, 0.15) is 5.82 Å². The molecule has 140 valence electrons. The van der Waals surface area contributed by atoms with Crippen molar-refractivity contribution >= 4 is 0 Å². The molecule has 1 aliphatic rings. The second kappa shape index (κ2) is 7.98. The SMILES string of the molecule is Cc1cc(F)cc(-c2c(-c3ccccc3)ncn2CCCC2NNNN2)c1. The van der Waals surface area contributed by atoms with Crippen LogP contribution in [0.1, 0.15) is 18.4 Å². The molecule has 1 saturated heterocycles. The quantitative estimate of drug-likeness (QED) is 0.540. The zero-order chi connectivity index (χ0) is 18.6. The first-order valence-electron chi connectivity index (χ1n) is 9.10. The Morgan fingerprint density at radius 1 is 1.04 bits per heavy atom. The maximum absolute atomic E-state index is 14.1. The molecule has 4 N–H and O–H groups in total. The molecule has 0 aliphatic carbocycles. The van der Waals surface area contributed by atoms with E-state index in [4.69, 9.17) is 0 Å². The molecule has 0 bridgehead atoms. The van der Waals surface area contributed by atoms with Gasteiger partial charge < -0.3 is 4.57 Å². The summed E-state index contributed by atoms with van der Waals surface area (Å²) >= 11 is 0. The standard InChI is InChI=1S/C20H23FN6/c1-14-10-16(12-17(21)11-14)20-19(15-6-3-2-4-7-15)22-13-27(20)9-5-8-18-23-25-26-24-18/h2-4,6-7,10-13,18,23-26H,5,8-9H2,1H3. The molecule has 1 aromatic heterocycles. The predicted molar refractivity (Wildman–Crippen MR) is 103 cm³/mol. The van der Waals surface area contributed by atoms with E-state index >= 15 is 0 Å². The maximum Gasteiger partial charge on any atom is 0.124 e. The summed E-state index contributed by atoms with van der Waals surface area (Å²) in [5.41, 5.74) is 16.4. The van der Waals surface area contributed by atoms with E-state index in [1.165, 1.54) is 0 Å². The molecule has 27 heavy (non-hydrogen) atoms. The zero-order valence-electron chi connectivity index (χ0n) is 15.2. The average molecular weight is 366 g/mol. The van der Waals surface area contributed by atoms with E-state index in [-0.39, 0.29) is 12.0 Å². The van der Waals surface area contributed by atoms with Gasteiger partial charge in [-0.15, -0.1) is 0 Å². The molecule has 0 radical (unpaired) electrons. The van der Waals surface area contributed by atoms with E-state index in [0.29, 0.717) is 0 Å². The minimum Gasteiger partial charge on any atom is -0.330 e. The number of aromatic nitrogens is 2. The van der Waals surface area contributed by atoms with E-state index in [1.807, 2.05) is 49.6 Å². The first-order valence-corrected chi connectivity index (χ1v) is 9.10. The molecule has 1 aliphatic heterocycles. The van der Waals surface area contributed by atoms with Gasteiger partial charge in [0.25, 0.3) is 0 Å². The van der Waals surface area contributed by atoms with Gasteiger partial charge in [-0.1, -0.05) is 30.3 Å². The second-order valence-corrected chi connectivity index (χ2v) is 6.75. The fraction of sp³-hybridized carbons (Fsp3) is 0.250. The molecule has 3 aromatic rings. The van der Waals surface area contributed by atoms with Crippen LogP contribution in [-0.4, -0.2) is 15.7 Å². The van der Waals surface area contributed by atoms with Crippen molar-refractivity contribution < 1.29 is 4.39 Å². The average Bonchev–Trinajstić information content (AvgIpc) is 3.31. The second-order valence-electron chi connectivity index (χ2n) is 6.75. The lowest BCUT2D eigenvalue weighted by Gasteiger charge is -2.13. The summed E-state index contributed by atoms with van der Waals surface area (Å²) in [5, 5.41) is 0. The summed E-state index contributed by atoms with van der Waals surface area (Å²) in [6.07, 6.45) is 3.89. The lowest BCUT2D eigenvalue weighted by atomic mass is 10.0. The van der Waals surface area contributed by atoms with Crippen molar-refractivity contribution in [1.29, 1.82) is 0 Å². The van der Waals surface area contributed by atoms with Gasteiger partial charge >= 0.3 is 0 Å². The van der Waals surface area contributed by atoms with E-state index in [2.05, 4.69) is 31.5 Å². The summed E-state index contributed by atoms with van der Waals surface area (Å²) in [5.74, 6) is -0.228. The number of benzene rings is 2. The molecule has 0 saturated carbocycles. The Morgan fingerprint density at radius 2 is 1.81 bits per heavy atom. The summed E-state index contributed by atoms with van der Waals surface area (Å²) in [7, 11) is 0. The van der Waals surface area contributed by atoms with E-state index < -0.39 is 0 Å². The third-order valence-electron chi connectivity index (χ3n) is 4.65. The van der Waals surface area contributed by atoms with Crippen LogP contribution in [0.4, 0.5) is 4.39 Å². The summed E-state index contributed by atoms with van der Waals surface area (Å²) in [6.45, 7) is 2.71. The Balaban J connectivity index is 1.67. The van der Waals surface area contributed by atoms with Crippen molar-refractivity contribution in [3.8, 4) is 22.5 Å². The highest BCUT2D eigenvalue weighted by Gasteiger charge is 2.17. The van der Waals surface area contributed by atoms with Gasteiger partial charge in [-0.05, 0) is 43.5 Å². The molecule has 0 spiro atoms. The van der Waals surface area contributed by atoms with Crippen LogP contribution < -0.4 is 21.9 Å². The van der Waals surface area contributed by atoms with Crippen LogP contribution in [-0.2, 0) is 6.54 Å². The van der Waals surface area contributed by atoms with Gasteiger partial charge in [0, 0.05) is 17.7 Å². The minimum atomic E-state index is -0.228. The number of rotatable bonds is 6. The number of nitrogens with one attached hydrogen (secondary N) is 4. The third kappa shape index (κ3) is 4.06. The Hall–Kier alpha value is -2.58. The van der Waals surface area contributed by atoms with Crippen molar-refractivity contribution in [3.63, 3.8) is 0 Å². The third-order valence-corrected chi connectivity index (χ3v) is 4.65. The van der Waals surface area contributed by atoms with Gasteiger partial charge in [0.05, 0.1) is 23.9 Å². The zero-order valence-corrected chi connectivity index (χ0v) is 15.2. The van der Waals surface area contributed by atoms with Gasteiger partial charge in [0.2, 0.25) is 0 Å². The lowest BCUT2D eigenvalue weighted by molar-refractivity contribution is 0.453. The van der Waals surface area contributed by atoms with E-state index in [0.717, 1.165) is 47.5 Å². The number of nitrogens with zero attached hydrogens (tertiary/aromatic N) is 2. The normalized spacial score (nSPS) is 14.7. The molecular weight excluding hydrogens is 343 g/mol. The van der Waals surface area contributed by atoms with Gasteiger partial charge in [-0.25, -0.2) is 20.2 Å². The van der Waals surface area contributed by atoms with Crippen molar-refractivity contribution in [2.45, 2.75) is 32.5 Å². The Labute approximate surface area is 157 Å². The molecule has 7 heteroatoms. The molecule has 1 fully saturated rings. The highest BCUT2D eigenvalue weighted by molar-refractivity contribution is 5.78. The molecule has 2 heterocycles. The number of hydrazine groups is 3. The molecule has 0 unspecified atom stereocenters. The Morgan fingerprint density at radius 3 is 2.56 bits per heavy atom. The number of hydrogen-bond donors (Lipinski definition) is 4. The summed E-state index contributed by atoms with van der Waals surface area (Å²) in [4.78, 5) is 4.66. The number of halogens is 1. The molecule has 0 atom stereocenters. The van der Waals surface area contributed by atoms with Gasteiger partial charge in [0.15, 0.2) is 0 Å². The van der Waals surface area contributed by atoms with Crippen LogP contribution in [0.25, 0.3) is 22.5 Å². The van der Waals surface area contributed by atoms with Gasteiger partial charge in [-0.3, -0.25) is 0 Å². The molecule has 0 amide bonds. The lowest BCUT2D eigenvalue weighted by Crippen LogP contribution is -2.33. The first kappa shape index (κ1) is 17.8. The monoisotopic (exact) mass is 366 g/mol. The van der Waals surface area contributed by atoms with Crippen molar-refractivity contribution in [3.05, 3.63) is 66.2 Å². The fourth-order valence-corrected chi connectivity index (χ4v) is 3.43. The first-order chi connectivity index (χ1) is 13.2.